The van der Waals surface area contributed by atoms with Crippen LogP contribution in [-0.2, 0) is 14.4 Å². The molecule has 1 rings (SSSR count). The lowest BCUT2D eigenvalue weighted by atomic mass is 10.2. The Morgan fingerprint density at radius 3 is 2.14 bits per heavy atom. The first-order valence-corrected chi connectivity index (χ1v) is 7.03. The van der Waals surface area contributed by atoms with Crippen molar-refractivity contribution >= 4 is 17.7 Å². The van der Waals surface area contributed by atoms with Crippen LogP contribution >= 0.6 is 0 Å². The Bertz CT molecular complexity index is 328. The van der Waals surface area contributed by atoms with Crippen molar-refractivity contribution in [3.05, 3.63) is 12.2 Å². The molecule has 0 spiro atoms. The van der Waals surface area contributed by atoms with Crippen LogP contribution in [0, 0.1) is 0 Å². The Morgan fingerprint density at radius 2 is 1.67 bits per heavy atom. The van der Waals surface area contributed by atoms with Gasteiger partial charge in [0.05, 0.1) is 7.18 Å². The number of amides is 3. The number of nitrogens with zero attached hydrogens (tertiary/aromatic N) is 1. The zero-order valence-corrected chi connectivity index (χ0v) is 13.0. The van der Waals surface area contributed by atoms with Gasteiger partial charge in [0, 0.05) is 18.7 Å². The number of unbranched alkanes of at least 4 members (excludes halogenated alkanes) is 2. The molecule has 0 bridgehead atoms. The molecule has 0 aromatic rings. The van der Waals surface area contributed by atoms with Gasteiger partial charge in [-0.1, -0.05) is 20.3 Å². The van der Waals surface area contributed by atoms with Crippen LogP contribution in [0.1, 0.15) is 33.1 Å². The second kappa shape index (κ2) is 14.6. The van der Waals surface area contributed by atoms with E-state index in [0.29, 0.717) is 20.3 Å². The van der Waals surface area contributed by atoms with E-state index in [1.165, 1.54) is 0 Å². The third kappa shape index (κ3) is 9.73. The molecule has 1 heterocycles. The Kier molecular flexibility index (Phi) is 15.0. The van der Waals surface area contributed by atoms with Gasteiger partial charge in [0.2, 0.25) is 5.91 Å². The second-order valence-electron chi connectivity index (χ2n) is 3.80. The number of carbonyl (C=O) groups is 3. The first-order valence-electron chi connectivity index (χ1n) is 7.03. The molecule has 0 aromatic heterocycles. The molecule has 0 fully saturated rings. The SMILES string of the molecule is CC.CF.NCCCCCNC(=O)CN1C(=O)C=CC1=O. The topological polar surface area (TPSA) is 92.5 Å². The lowest BCUT2D eigenvalue weighted by molar-refractivity contribution is -0.141. The van der Waals surface area contributed by atoms with Gasteiger partial charge in [-0.2, -0.15) is 0 Å². The molecule has 122 valence electrons. The van der Waals surface area contributed by atoms with E-state index in [0.717, 1.165) is 36.3 Å². The van der Waals surface area contributed by atoms with Crippen LogP contribution in [0.5, 0.6) is 0 Å². The summed E-state index contributed by atoms with van der Waals surface area (Å²) in [7, 11) is 0.500. The van der Waals surface area contributed by atoms with Crippen molar-refractivity contribution in [2.75, 3.05) is 26.8 Å². The van der Waals surface area contributed by atoms with Crippen LogP contribution in [0.3, 0.4) is 0 Å². The lowest BCUT2D eigenvalue weighted by Crippen LogP contribution is -2.40. The Morgan fingerprint density at radius 1 is 1.14 bits per heavy atom. The molecule has 3 amide bonds. The van der Waals surface area contributed by atoms with Gasteiger partial charge in [-0.3, -0.25) is 23.7 Å². The highest BCUT2D eigenvalue weighted by Gasteiger charge is 2.25. The summed E-state index contributed by atoms with van der Waals surface area (Å²) in [6, 6.07) is 0. The van der Waals surface area contributed by atoms with Crippen molar-refractivity contribution in [3.63, 3.8) is 0 Å². The Balaban J connectivity index is 0. The van der Waals surface area contributed by atoms with Crippen LogP contribution in [0.2, 0.25) is 0 Å². The summed E-state index contributed by atoms with van der Waals surface area (Å²) in [5, 5.41) is 2.66. The van der Waals surface area contributed by atoms with E-state index >= 15 is 0 Å². The van der Waals surface area contributed by atoms with Gasteiger partial charge < -0.3 is 11.1 Å². The van der Waals surface area contributed by atoms with Crippen molar-refractivity contribution in [3.8, 4) is 0 Å². The fourth-order valence-electron chi connectivity index (χ4n) is 1.46. The van der Waals surface area contributed by atoms with Gasteiger partial charge in [-0.15, -0.1) is 0 Å². The van der Waals surface area contributed by atoms with Crippen molar-refractivity contribution in [1.29, 1.82) is 0 Å². The number of rotatable bonds is 7. The van der Waals surface area contributed by atoms with Crippen LogP contribution in [0.15, 0.2) is 12.2 Å². The minimum Gasteiger partial charge on any atom is -0.355 e. The van der Waals surface area contributed by atoms with Crippen molar-refractivity contribution in [2.45, 2.75) is 33.1 Å². The fraction of sp³-hybridized carbons (Fsp3) is 0.643. The first kappa shape index (κ1) is 21.5. The quantitative estimate of drug-likeness (QED) is 0.536. The van der Waals surface area contributed by atoms with E-state index in [2.05, 4.69) is 5.32 Å². The highest BCUT2D eigenvalue weighted by molar-refractivity contribution is 6.14. The molecular formula is C14H26FN3O3. The van der Waals surface area contributed by atoms with Crippen LogP contribution in [0.4, 0.5) is 4.39 Å². The molecule has 0 aromatic carbocycles. The largest absolute Gasteiger partial charge is 0.355 e. The van der Waals surface area contributed by atoms with Crippen molar-refractivity contribution in [1.82, 2.24) is 10.2 Å². The van der Waals surface area contributed by atoms with E-state index in [9.17, 15) is 18.8 Å². The summed E-state index contributed by atoms with van der Waals surface area (Å²) in [4.78, 5) is 34.6. The maximum atomic E-state index is 11.4. The van der Waals surface area contributed by atoms with Gasteiger partial charge in [0.1, 0.15) is 6.54 Å². The molecule has 0 atom stereocenters. The zero-order chi connectivity index (χ0) is 16.7. The molecule has 7 heteroatoms. The number of alkyl halides is 1. The molecular weight excluding hydrogens is 277 g/mol. The molecule has 21 heavy (non-hydrogen) atoms. The molecule has 6 nitrogen and oxygen atoms in total. The number of nitrogens with two attached hydrogens (primary N) is 1. The second-order valence-corrected chi connectivity index (χ2v) is 3.80. The van der Waals surface area contributed by atoms with E-state index in [1.807, 2.05) is 13.8 Å². The van der Waals surface area contributed by atoms with Crippen molar-refractivity contribution in [2.24, 2.45) is 5.73 Å². The van der Waals surface area contributed by atoms with Gasteiger partial charge >= 0.3 is 0 Å². The lowest BCUT2D eigenvalue weighted by Gasteiger charge is -2.13. The summed E-state index contributed by atoms with van der Waals surface area (Å²) >= 11 is 0. The molecule has 0 radical (unpaired) electrons. The fourth-order valence-corrected chi connectivity index (χ4v) is 1.46. The number of carbonyl (C=O) groups excluding carboxylic acids is 3. The summed E-state index contributed by atoms with van der Waals surface area (Å²) in [5.41, 5.74) is 5.33. The van der Waals surface area contributed by atoms with Gasteiger partial charge in [0.15, 0.2) is 0 Å². The van der Waals surface area contributed by atoms with Crippen LogP contribution in [-0.4, -0.2) is 49.4 Å². The number of hydrogen-bond donors (Lipinski definition) is 2. The number of imide groups is 1. The molecule has 1 aliphatic heterocycles. The molecule has 0 aliphatic carbocycles. The average molecular weight is 303 g/mol. The smallest absolute Gasteiger partial charge is 0.254 e. The maximum absolute atomic E-state index is 11.4. The maximum Gasteiger partial charge on any atom is 0.254 e. The highest BCUT2D eigenvalue weighted by atomic mass is 19.1. The standard InChI is InChI=1S/C11H17N3O3.C2H6.CH3F/c12-6-2-1-3-7-13-9(15)8-14-10(16)4-5-11(14)17;2*1-2/h4-5H,1-3,6-8,12H2,(H,13,15);1-2H3;1H3. The van der Waals surface area contributed by atoms with Gasteiger partial charge in [-0.25, -0.2) is 0 Å². The number of nitrogens with one attached hydrogen (secondary N) is 1. The molecule has 0 unspecified atom stereocenters. The van der Waals surface area contributed by atoms with Gasteiger partial charge in [-0.05, 0) is 19.4 Å². The molecule has 3 N–H and O–H groups in total. The Labute approximate surface area is 125 Å². The van der Waals surface area contributed by atoms with E-state index in [4.69, 9.17) is 5.73 Å². The normalized spacial score (nSPS) is 12.3. The van der Waals surface area contributed by atoms with Crippen LogP contribution in [0.25, 0.3) is 0 Å². The van der Waals surface area contributed by atoms with E-state index in [1.54, 1.807) is 0 Å². The predicted octanol–water partition coefficient (Wildman–Crippen LogP) is 0.768. The molecule has 0 saturated carbocycles. The van der Waals surface area contributed by atoms with E-state index < -0.39 is 11.8 Å². The highest BCUT2D eigenvalue weighted by Crippen LogP contribution is 2.02. The van der Waals surface area contributed by atoms with Crippen LogP contribution < -0.4 is 11.1 Å². The van der Waals surface area contributed by atoms with E-state index in [-0.39, 0.29) is 12.5 Å². The summed E-state index contributed by atoms with van der Waals surface area (Å²) < 4.78 is 9.50. The third-order valence-corrected chi connectivity index (χ3v) is 2.41. The summed E-state index contributed by atoms with van der Waals surface area (Å²) in [6.07, 6.45) is 5.07. The first-order chi connectivity index (χ1) is 10.1. The number of hydrogen-bond acceptors (Lipinski definition) is 4. The minimum absolute atomic E-state index is 0.207. The monoisotopic (exact) mass is 303 g/mol. The van der Waals surface area contributed by atoms with Crippen molar-refractivity contribution < 1.29 is 18.8 Å². The zero-order valence-electron chi connectivity index (χ0n) is 13.0. The molecule has 0 saturated heterocycles. The Hall–Kier alpha value is -1.76. The van der Waals surface area contributed by atoms with Gasteiger partial charge in [0.25, 0.3) is 11.8 Å². The predicted molar refractivity (Wildman–Crippen MR) is 80.2 cm³/mol. The number of halogens is 1. The molecule has 1 aliphatic rings. The third-order valence-electron chi connectivity index (χ3n) is 2.41. The average Bonchev–Trinajstić information content (AvgIpc) is 2.83. The summed E-state index contributed by atoms with van der Waals surface area (Å²) in [6.45, 7) is 4.99. The minimum atomic E-state index is -0.437. The summed E-state index contributed by atoms with van der Waals surface area (Å²) in [5.74, 6) is -1.19.